The Morgan fingerprint density at radius 3 is 3.14 bits per heavy atom. The van der Waals surface area contributed by atoms with Crippen LogP contribution in [0.1, 0.15) is 23.6 Å². The Morgan fingerprint density at radius 1 is 1.50 bits per heavy atom. The maximum absolute atomic E-state index is 5.93. The van der Waals surface area contributed by atoms with E-state index in [1.54, 1.807) is 7.11 Å². The van der Waals surface area contributed by atoms with Crippen LogP contribution < -0.4 is 10.5 Å². The maximum Gasteiger partial charge on any atom is 0.188 e. The van der Waals surface area contributed by atoms with E-state index < -0.39 is 0 Å². The van der Waals surface area contributed by atoms with Gasteiger partial charge >= 0.3 is 0 Å². The first-order valence-corrected chi connectivity index (χ1v) is 4.81. The number of benzene rings is 1. The molecule has 0 aliphatic heterocycles. The first kappa shape index (κ1) is 9.49. The molecular weight excluding hydrogens is 178 g/mol. The molecule has 0 fully saturated rings. The van der Waals surface area contributed by atoms with Crippen LogP contribution in [0, 0.1) is 0 Å². The lowest BCUT2D eigenvalue weighted by molar-refractivity contribution is 0.0511. The molecule has 0 aromatic heterocycles. The van der Waals surface area contributed by atoms with Gasteiger partial charge in [0.2, 0.25) is 0 Å². The van der Waals surface area contributed by atoms with Gasteiger partial charge in [-0.2, -0.15) is 0 Å². The van der Waals surface area contributed by atoms with Gasteiger partial charge < -0.3 is 15.2 Å². The molecule has 3 heteroatoms. The van der Waals surface area contributed by atoms with Crippen molar-refractivity contribution in [2.75, 3.05) is 13.9 Å². The number of nitrogens with two attached hydrogens (primary N) is 1. The highest BCUT2D eigenvalue weighted by molar-refractivity contribution is 5.40. The topological polar surface area (TPSA) is 44.5 Å². The molecule has 0 radical (unpaired) electrons. The van der Waals surface area contributed by atoms with Crippen molar-refractivity contribution in [2.45, 2.75) is 18.9 Å². The Bertz CT molecular complexity index is 325. The Labute approximate surface area is 83.8 Å². The first-order chi connectivity index (χ1) is 6.81. The lowest BCUT2D eigenvalue weighted by Gasteiger charge is -2.08. The monoisotopic (exact) mass is 193 g/mol. The molecular formula is C11H15NO2. The molecule has 0 spiro atoms. The average Bonchev–Trinajstić information content (AvgIpc) is 2.57. The van der Waals surface area contributed by atoms with Crippen molar-refractivity contribution in [3.05, 3.63) is 29.3 Å². The zero-order valence-corrected chi connectivity index (χ0v) is 8.32. The van der Waals surface area contributed by atoms with Gasteiger partial charge in [0.25, 0.3) is 0 Å². The SMILES string of the molecule is COCOc1ccc2c(c1)CC[C@H]2N. The summed E-state index contributed by atoms with van der Waals surface area (Å²) >= 11 is 0. The molecule has 3 nitrogen and oxygen atoms in total. The minimum atomic E-state index is 0.210. The molecule has 1 aliphatic rings. The third kappa shape index (κ3) is 1.74. The largest absolute Gasteiger partial charge is 0.468 e. The second kappa shape index (κ2) is 3.98. The fraction of sp³-hybridized carbons (Fsp3) is 0.455. The number of hydrogen-bond acceptors (Lipinski definition) is 3. The van der Waals surface area contributed by atoms with Crippen molar-refractivity contribution in [1.29, 1.82) is 0 Å². The van der Waals surface area contributed by atoms with Crippen LogP contribution in [0.3, 0.4) is 0 Å². The van der Waals surface area contributed by atoms with Crippen molar-refractivity contribution < 1.29 is 9.47 Å². The first-order valence-electron chi connectivity index (χ1n) is 4.81. The molecule has 14 heavy (non-hydrogen) atoms. The van der Waals surface area contributed by atoms with E-state index in [2.05, 4.69) is 12.1 Å². The van der Waals surface area contributed by atoms with Gasteiger partial charge in [0.15, 0.2) is 6.79 Å². The Balaban J connectivity index is 2.15. The van der Waals surface area contributed by atoms with E-state index >= 15 is 0 Å². The average molecular weight is 193 g/mol. The minimum Gasteiger partial charge on any atom is -0.468 e. The Kier molecular flexibility index (Phi) is 2.70. The van der Waals surface area contributed by atoms with Gasteiger partial charge in [-0.15, -0.1) is 0 Å². The lowest BCUT2D eigenvalue weighted by atomic mass is 10.1. The summed E-state index contributed by atoms with van der Waals surface area (Å²) in [6, 6.07) is 6.27. The maximum atomic E-state index is 5.93. The second-order valence-corrected chi connectivity index (χ2v) is 3.56. The van der Waals surface area contributed by atoms with Crippen molar-refractivity contribution in [2.24, 2.45) is 5.73 Å². The third-order valence-corrected chi connectivity index (χ3v) is 2.58. The standard InChI is InChI=1S/C11H15NO2/c1-13-7-14-9-3-4-10-8(6-9)2-5-11(10)12/h3-4,6,11H,2,5,7,12H2,1H3/t11-/m1/s1. The molecule has 0 saturated carbocycles. The summed E-state index contributed by atoms with van der Waals surface area (Å²) in [4.78, 5) is 0. The smallest absolute Gasteiger partial charge is 0.188 e. The number of hydrogen-bond donors (Lipinski definition) is 1. The van der Waals surface area contributed by atoms with Gasteiger partial charge in [-0.1, -0.05) is 6.07 Å². The summed E-state index contributed by atoms with van der Waals surface area (Å²) in [6.07, 6.45) is 2.10. The third-order valence-electron chi connectivity index (χ3n) is 2.58. The van der Waals surface area contributed by atoms with Crippen molar-refractivity contribution in [3.63, 3.8) is 0 Å². The molecule has 0 amide bonds. The van der Waals surface area contributed by atoms with Gasteiger partial charge in [-0.05, 0) is 36.1 Å². The Hall–Kier alpha value is -1.06. The summed E-state index contributed by atoms with van der Waals surface area (Å²) in [5.41, 5.74) is 8.50. The highest BCUT2D eigenvalue weighted by atomic mass is 16.7. The molecule has 0 bridgehead atoms. The number of methoxy groups -OCH3 is 1. The molecule has 0 saturated heterocycles. The fourth-order valence-electron chi connectivity index (χ4n) is 1.84. The van der Waals surface area contributed by atoms with Crippen molar-refractivity contribution in [3.8, 4) is 5.75 Å². The van der Waals surface area contributed by atoms with Crippen molar-refractivity contribution in [1.82, 2.24) is 0 Å². The summed E-state index contributed by atoms with van der Waals surface area (Å²) in [5, 5.41) is 0. The van der Waals surface area contributed by atoms with Crippen LogP contribution in [-0.2, 0) is 11.2 Å². The van der Waals surface area contributed by atoms with Crippen molar-refractivity contribution >= 4 is 0 Å². The Morgan fingerprint density at radius 2 is 2.36 bits per heavy atom. The highest BCUT2D eigenvalue weighted by Crippen LogP contribution is 2.31. The summed E-state index contributed by atoms with van der Waals surface area (Å²) in [6.45, 7) is 0.296. The molecule has 76 valence electrons. The zero-order chi connectivity index (χ0) is 9.97. The number of aryl methyl sites for hydroxylation is 1. The summed E-state index contributed by atoms with van der Waals surface area (Å²) < 4.78 is 10.2. The number of fused-ring (bicyclic) bond motifs is 1. The van der Waals surface area contributed by atoms with E-state index in [1.807, 2.05) is 6.07 Å². The second-order valence-electron chi connectivity index (χ2n) is 3.56. The minimum absolute atomic E-state index is 0.210. The lowest BCUT2D eigenvalue weighted by Crippen LogP contribution is -2.05. The number of rotatable bonds is 3. The summed E-state index contributed by atoms with van der Waals surface area (Å²) in [5.74, 6) is 0.861. The van der Waals surface area contributed by atoms with Gasteiger partial charge in [0.05, 0.1) is 0 Å². The fourth-order valence-corrected chi connectivity index (χ4v) is 1.84. The molecule has 0 heterocycles. The van der Waals surface area contributed by atoms with E-state index in [4.69, 9.17) is 15.2 Å². The molecule has 2 rings (SSSR count). The molecule has 1 atom stereocenters. The quantitative estimate of drug-likeness (QED) is 0.742. The van der Waals surface area contributed by atoms with Crippen LogP contribution in [-0.4, -0.2) is 13.9 Å². The van der Waals surface area contributed by atoms with E-state index in [0.29, 0.717) is 6.79 Å². The van der Waals surface area contributed by atoms with E-state index in [-0.39, 0.29) is 6.04 Å². The highest BCUT2D eigenvalue weighted by Gasteiger charge is 2.18. The van der Waals surface area contributed by atoms with E-state index in [1.165, 1.54) is 11.1 Å². The van der Waals surface area contributed by atoms with Crippen LogP contribution >= 0.6 is 0 Å². The molecule has 1 aromatic rings. The van der Waals surface area contributed by atoms with Crippen LogP contribution in [0.2, 0.25) is 0 Å². The van der Waals surface area contributed by atoms with Crippen LogP contribution in [0.5, 0.6) is 5.75 Å². The van der Waals surface area contributed by atoms with E-state index in [0.717, 1.165) is 18.6 Å². The normalized spacial score (nSPS) is 19.4. The molecule has 0 unspecified atom stereocenters. The molecule has 2 N–H and O–H groups in total. The molecule has 1 aromatic carbocycles. The predicted molar refractivity (Wildman–Crippen MR) is 54.2 cm³/mol. The predicted octanol–water partition coefficient (Wildman–Crippen LogP) is 1.62. The van der Waals surface area contributed by atoms with Crippen LogP contribution in [0.25, 0.3) is 0 Å². The van der Waals surface area contributed by atoms with Gasteiger partial charge in [-0.3, -0.25) is 0 Å². The molecule has 1 aliphatic carbocycles. The summed E-state index contributed by atoms with van der Waals surface area (Å²) in [7, 11) is 1.61. The zero-order valence-electron chi connectivity index (χ0n) is 8.32. The van der Waals surface area contributed by atoms with Gasteiger partial charge in [0.1, 0.15) is 5.75 Å². The number of ether oxygens (including phenoxy) is 2. The van der Waals surface area contributed by atoms with Gasteiger partial charge in [-0.25, -0.2) is 0 Å². The van der Waals surface area contributed by atoms with Crippen LogP contribution in [0.15, 0.2) is 18.2 Å². The van der Waals surface area contributed by atoms with Crippen LogP contribution in [0.4, 0.5) is 0 Å². The van der Waals surface area contributed by atoms with Gasteiger partial charge in [0, 0.05) is 13.2 Å². The van der Waals surface area contributed by atoms with E-state index in [9.17, 15) is 0 Å².